The molecule has 0 aliphatic heterocycles. The van der Waals surface area contributed by atoms with Gasteiger partial charge in [-0.15, -0.1) is 0 Å². The number of ketones is 1. The number of allylic oxidation sites excluding steroid dienone is 1. The number of ether oxygens (including phenoxy) is 1. The van der Waals surface area contributed by atoms with Gasteiger partial charge in [0.25, 0.3) is 0 Å². The van der Waals surface area contributed by atoms with Gasteiger partial charge < -0.3 is 4.74 Å². The molecule has 4 heteroatoms. The second kappa shape index (κ2) is 7.03. The van der Waals surface area contributed by atoms with E-state index < -0.39 is 0 Å². The third kappa shape index (κ3) is 2.98. The molecule has 3 fully saturated rings. The van der Waals surface area contributed by atoms with E-state index in [2.05, 4.69) is 13.8 Å². The second-order valence-corrected chi connectivity index (χ2v) is 10.5. The van der Waals surface area contributed by atoms with E-state index in [1.54, 1.807) is 0 Å². The summed E-state index contributed by atoms with van der Waals surface area (Å²) in [6.45, 7) is 4.72. The van der Waals surface area contributed by atoms with E-state index in [0.717, 1.165) is 44.9 Å². The molecule has 0 radical (unpaired) electrons. The van der Waals surface area contributed by atoms with Gasteiger partial charge in [-0.25, -0.2) is 9.18 Å². The van der Waals surface area contributed by atoms with E-state index in [1.165, 1.54) is 29.8 Å². The molecule has 0 N–H and O–H groups in total. The summed E-state index contributed by atoms with van der Waals surface area (Å²) >= 11 is 0. The Bertz CT molecular complexity index is 903. The van der Waals surface area contributed by atoms with E-state index in [-0.39, 0.29) is 28.7 Å². The van der Waals surface area contributed by atoms with Gasteiger partial charge in [0.1, 0.15) is 11.9 Å². The summed E-state index contributed by atoms with van der Waals surface area (Å²) in [6, 6.07) is 5.63. The first-order valence-corrected chi connectivity index (χ1v) is 11.5. The fourth-order valence-corrected chi connectivity index (χ4v) is 7.49. The minimum absolute atomic E-state index is 0.0128. The Morgan fingerprint density at radius 2 is 1.77 bits per heavy atom. The topological polar surface area (TPSA) is 43.4 Å². The molecule has 160 valence electrons. The molecular formula is C26H31FO3. The van der Waals surface area contributed by atoms with Gasteiger partial charge in [0.15, 0.2) is 5.78 Å². The number of fused-ring (bicyclic) bond motifs is 5. The largest absolute Gasteiger partial charge is 0.458 e. The third-order valence-electron chi connectivity index (χ3n) is 9.20. The number of carbonyl (C=O) groups excluding carboxylic acids is 2. The number of rotatable bonds is 2. The summed E-state index contributed by atoms with van der Waals surface area (Å²) in [5.41, 5.74) is 1.99. The van der Waals surface area contributed by atoms with Crippen molar-refractivity contribution >= 4 is 11.8 Å². The molecule has 0 unspecified atom stereocenters. The van der Waals surface area contributed by atoms with Crippen LogP contribution in [0.3, 0.4) is 0 Å². The fraction of sp³-hybridized carbons (Fsp3) is 0.615. The Morgan fingerprint density at radius 3 is 2.53 bits per heavy atom. The summed E-state index contributed by atoms with van der Waals surface area (Å²) in [4.78, 5) is 24.7. The van der Waals surface area contributed by atoms with Crippen molar-refractivity contribution in [3.8, 4) is 0 Å². The highest BCUT2D eigenvalue weighted by molar-refractivity contribution is 5.91. The van der Waals surface area contributed by atoms with E-state index in [1.807, 2.05) is 6.08 Å². The summed E-state index contributed by atoms with van der Waals surface area (Å²) in [5.74, 6) is 1.47. The van der Waals surface area contributed by atoms with Gasteiger partial charge in [-0.3, -0.25) is 4.79 Å². The van der Waals surface area contributed by atoms with Crippen molar-refractivity contribution in [1.82, 2.24) is 0 Å². The van der Waals surface area contributed by atoms with Gasteiger partial charge in [0.2, 0.25) is 0 Å². The molecule has 1 aromatic carbocycles. The SMILES string of the molecule is C[C@]12CC[C@H]3[C@@H](CCC4=CC(=O)CC[C@@]43C)[C@@H]1CC[C@@H]2OC(=O)c1ccc(F)cc1. The first-order valence-electron chi connectivity index (χ1n) is 11.5. The summed E-state index contributed by atoms with van der Waals surface area (Å²) in [6.07, 6.45) is 9.97. The van der Waals surface area contributed by atoms with Crippen LogP contribution in [-0.4, -0.2) is 17.9 Å². The Kier molecular flexibility index (Phi) is 4.68. The number of hydrogen-bond donors (Lipinski definition) is 0. The van der Waals surface area contributed by atoms with Crippen molar-refractivity contribution in [2.45, 2.75) is 71.3 Å². The first-order chi connectivity index (χ1) is 14.3. The Hall–Kier alpha value is -1.97. The van der Waals surface area contributed by atoms with Crippen LogP contribution in [0.1, 0.15) is 75.6 Å². The average molecular weight is 411 g/mol. The third-order valence-corrected chi connectivity index (χ3v) is 9.20. The molecule has 4 aliphatic rings. The van der Waals surface area contributed by atoms with Crippen LogP contribution in [0.2, 0.25) is 0 Å². The maximum Gasteiger partial charge on any atom is 0.338 e. The van der Waals surface area contributed by atoms with Gasteiger partial charge in [-0.1, -0.05) is 19.4 Å². The van der Waals surface area contributed by atoms with Crippen molar-refractivity contribution in [3.05, 3.63) is 47.3 Å². The molecule has 1 aromatic rings. The van der Waals surface area contributed by atoms with Gasteiger partial charge in [0.05, 0.1) is 5.56 Å². The van der Waals surface area contributed by atoms with Gasteiger partial charge in [-0.05, 0) is 98.5 Å². The van der Waals surface area contributed by atoms with Crippen LogP contribution in [-0.2, 0) is 9.53 Å². The van der Waals surface area contributed by atoms with Crippen LogP contribution in [0, 0.1) is 34.4 Å². The standard InChI is InChI=1S/C26H31FO3/c1-25-13-11-19(28)15-17(25)5-8-20-21-9-10-23(26(21,2)14-12-22(20)25)30-24(29)16-3-6-18(27)7-4-16/h3-4,6-7,15,20-23H,5,8-14H2,1-2H3/t20-,21-,22-,23-,25-,26-/m0/s1. The molecule has 0 spiro atoms. The highest BCUT2D eigenvalue weighted by Gasteiger charge is 2.60. The maximum atomic E-state index is 13.2. The summed E-state index contributed by atoms with van der Waals surface area (Å²) in [5, 5.41) is 0. The van der Waals surface area contributed by atoms with Crippen molar-refractivity contribution in [1.29, 1.82) is 0 Å². The Balaban J connectivity index is 1.35. The summed E-state index contributed by atoms with van der Waals surface area (Å²) in [7, 11) is 0. The Labute approximate surface area is 178 Å². The fourth-order valence-electron chi connectivity index (χ4n) is 7.49. The smallest absolute Gasteiger partial charge is 0.338 e. The van der Waals surface area contributed by atoms with E-state index in [0.29, 0.717) is 35.5 Å². The van der Waals surface area contributed by atoms with E-state index in [4.69, 9.17) is 4.74 Å². The molecule has 3 saturated carbocycles. The van der Waals surface area contributed by atoms with E-state index in [9.17, 15) is 14.0 Å². The quantitative estimate of drug-likeness (QED) is 0.572. The highest BCUT2D eigenvalue weighted by atomic mass is 19.1. The molecule has 30 heavy (non-hydrogen) atoms. The molecule has 3 nitrogen and oxygen atoms in total. The molecule has 0 aromatic heterocycles. The molecule has 6 atom stereocenters. The average Bonchev–Trinajstić information content (AvgIpc) is 3.05. The van der Waals surface area contributed by atoms with Crippen molar-refractivity contribution < 1.29 is 18.7 Å². The predicted octanol–water partition coefficient (Wildman–Crippen LogP) is 5.88. The van der Waals surface area contributed by atoms with Crippen LogP contribution >= 0.6 is 0 Å². The lowest BCUT2D eigenvalue weighted by Crippen LogP contribution is -2.51. The van der Waals surface area contributed by atoms with Crippen molar-refractivity contribution in [2.75, 3.05) is 0 Å². The van der Waals surface area contributed by atoms with Crippen LogP contribution in [0.15, 0.2) is 35.9 Å². The molecular weight excluding hydrogens is 379 g/mol. The number of carbonyl (C=O) groups is 2. The minimum Gasteiger partial charge on any atom is -0.458 e. The number of benzene rings is 1. The lowest BCUT2D eigenvalue weighted by molar-refractivity contribution is -0.118. The van der Waals surface area contributed by atoms with Gasteiger partial charge in [0, 0.05) is 11.8 Å². The number of esters is 1. The first kappa shape index (κ1) is 20.0. The molecule has 0 saturated heterocycles. The van der Waals surface area contributed by atoms with Crippen LogP contribution < -0.4 is 0 Å². The van der Waals surface area contributed by atoms with Crippen LogP contribution in [0.4, 0.5) is 4.39 Å². The molecule has 0 bridgehead atoms. The van der Waals surface area contributed by atoms with E-state index >= 15 is 0 Å². The number of halogens is 1. The normalized spacial score (nSPS) is 40.1. The zero-order valence-electron chi connectivity index (χ0n) is 18.0. The molecule has 0 heterocycles. The monoisotopic (exact) mass is 410 g/mol. The molecule has 4 aliphatic carbocycles. The zero-order chi connectivity index (χ0) is 21.1. The van der Waals surface area contributed by atoms with Crippen molar-refractivity contribution in [3.63, 3.8) is 0 Å². The molecule has 0 amide bonds. The summed E-state index contributed by atoms with van der Waals surface area (Å²) < 4.78 is 19.2. The highest BCUT2D eigenvalue weighted by Crippen LogP contribution is 2.65. The minimum atomic E-state index is -0.346. The van der Waals surface area contributed by atoms with Crippen LogP contribution in [0.25, 0.3) is 0 Å². The Morgan fingerprint density at radius 1 is 1.00 bits per heavy atom. The van der Waals surface area contributed by atoms with Gasteiger partial charge >= 0.3 is 5.97 Å². The second-order valence-electron chi connectivity index (χ2n) is 10.5. The predicted molar refractivity (Wildman–Crippen MR) is 112 cm³/mol. The van der Waals surface area contributed by atoms with Crippen LogP contribution in [0.5, 0.6) is 0 Å². The zero-order valence-corrected chi connectivity index (χ0v) is 18.0. The maximum absolute atomic E-state index is 13.2. The lowest BCUT2D eigenvalue weighted by Gasteiger charge is -2.57. The lowest BCUT2D eigenvalue weighted by atomic mass is 9.47. The van der Waals surface area contributed by atoms with Crippen molar-refractivity contribution in [2.24, 2.45) is 28.6 Å². The number of hydrogen-bond acceptors (Lipinski definition) is 3. The molecule has 5 rings (SSSR count). The van der Waals surface area contributed by atoms with Gasteiger partial charge in [-0.2, -0.15) is 0 Å².